The van der Waals surface area contributed by atoms with Crippen molar-refractivity contribution in [3.05, 3.63) is 47.0 Å². The second-order valence-corrected chi connectivity index (χ2v) is 9.21. The molecule has 6 nitrogen and oxygen atoms in total. The van der Waals surface area contributed by atoms with Crippen molar-refractivity contribution in [3.8, 4) is 0 Å². The van der Waals surface area contributed by atoms with Crippen LogP contribution in [-0.4, -0.2) is 37.9 Å². The summed E-state index contributed by atoms with van der Waals surface area (Å²) in [7, 11) is -1.97. The zero-order valence-electron chi connectivity index (χ0n) is 14.3. The van der Waals surface area contributed by atoms with Gasteiger partial charge in [0.05, 0.1) is 28.9 Å². The lowest BCUT2D eigenvalue weighted by atomic mass is 9.92. The highest BCUT2D eigenvalue weighted by molar-refractivity contribution is 7.91. The van der Waals surface area contributed by atoms with Gasteiger partial charge in [-0.05, 0) is 24.3 Å². The zero-order chi connectivity index (χ0) is 19.1. The van der Waals surface area contributed by atoms with Crippen LogP contribution in [-0.2, 0) is 21.6 Å². The fraction of sp³-hybridized carbons (Fsp3) is 0.353. The summed E-state index contributed by atoms with van der Waals surface area (Å²) in [4.78, 5) is 12.5. The average molecular weight is 401 g/mol. The lowest BCUT2D eigenvalue weighted by molar-refractivity contribution is -0.0870. The van der Waals surface area contributed by atoms with Crippen LogP contribution >= 0.6 is 11.6 Å². The number of amides is 1. The molecule has 0 aliphatic carbocycles. The summed E-state index contributed by atoms with van der Waals surface area (Å²) < 4.78 is 45.0. The van der Waals surface area contributed by atoms with Gasteiger partial charge in [-0.2, -0.15) is 0 Å². The highest BCUT2D eigenvalue weighted by Crippen LogP contribution is 2.31. The first-order valence-corrected chi connectivity index (χ1v) is 9.86. The topological polar surface area (TPSA) is 77.4 Å². The Morgan fingerprint density at radius 3 is 2.65 bits per heavy atom. The Balaban J connectivity index is 1.80. The van der Waals surface area contributed by atoms with E-state index in [1.807, 2.05) is 6.92 Å². The van der Waals surface area contributed by atoms with E-state index in [4.69, 9.17) is 16.3 Å². The van der Waals surface area contributed by atoms with Gasteiger partial charge in [0.2, 0.25) is 0 Å². The van der Waals surface area contributed by atoms with Crippen molar-refractivity contribution in [1.82, 2.24) is 4.57 Å². The molecule has 1 aromatic carbocycles. The van der Waals surface area contributed by atoms with Gasteiger partial charge in [0.1, 0.15) is 11.5 Å². The van der Waals surface area contributed by atoms with Gasteiger partial charge >= 0.3 is 0 Å². The van der Waals surface area contributed by atoms with E-state index in [0.717, 1.165) is 6.07 Å². The smallest absolute Gasteiger partial charge is 0.272 e. The summed E-state index contributed by atoms with van der Waals surface area (Å²) >= 11 is 5.70. The number of nitrogens with zero attached hydrogens (tertiary/aromatic N) is 1. The molecule has 0 saturated carbocycles. The molecule has 140 valence electrons. The third-order valence-electron chi connectivity index (χ3n) is 4.19. The summed E-state index contributed by atoms with van der Waals surface area (Å²) in [6.07, 6.45) is 1.41. The number of benzene rings is 1. The van der Waals surface area contributed by atoms with Crippen LogP contribution in [0, 0.1) is 11.2 Å². The summed E-state index contributed by atoms with van der Waals surface area (Å²) in [6.45, 7) is 2.65. The molecule has 0 unspecified atom stereocenters. The van der Waals surface area contributed by atoms with E-state index in [0.29, 0.717) is 18.9 Å². The van der Waals surface area contributed by atoms with E-state index in [1.54, 1.807) is 7.05 Å². The Morgan fingerprint density at radius 2 is 2.08 bits per heavy atom. The molecule has 1 fully saturated rings. The lowest BCUT2D eigenvalue weighted by Gasteiger charge is -2.37. The number of hydrogen-bond donors (Lipinski definition) is 1. The molecule has 1 aliphatic rings. The van der Waals surface area contributed by atoms with Crippen molar-refractivity contribution >= 4 is 33.0 Å². The summed E-state index contributed by atoms with van der Waals surface area (Å²) in [6, 6.07) is 5.13. The minimum Gasteiger partial charge on any atom is -0.380 e. The van der Waals surface area contributed by atoms with Gasteiger partial charge < -0.3 is 14.6 Å². The molecule has 0 bridgehead atoms. The number of ether oxygens (including phenoxy) is 1. The van der Waals surface area contributed by atoms with Crippen LogP contribution in [0.25, 0.3) is 0 Å². The fourth-order valence-corrected chi connectivity index (χ4v) is 4.82. The number of sulfone groups is 1. The molecular formula is C17H18ClFN2O4S. The number of carbonyl (C=O) groups is 1. The summed E-state index contributed by atoms with van der Waals surface area (Å²) in [5, 5.41) is 2.46. The monoisotopic (exact) mass is 400 g/mol. The average Bonchev–Trinajstić information content (AvgIpc) is 2.92. The Morgan fingerprint density at radius 1 is 1.38 bits per heavy atom. The van der Waals surface area contributed by atoms with Crippen molar-refractivity contribution in [2.45, 2.75) is 11.8 Å². The molecule has 1 amide bonds. The van der Waals surface area contributed by atoms with E-state index in [9.17, 15) is 17.6 Å². The van der Waals surface area contributed by atoms with Gasteiger partial charge in [-0.3, -0.25) is 4.79 Å². The van der Waals surface area contributed by atoms with Crippen molar-refractivity contribution < 1.29 is 22.3 Å². The number of rotatable bonds is 5. The van der Waals surface area contributed by atoms with E-state index >= 15 is 0 Å². The first-order chi connectivity index (χ1) is 12.1. The molecule has 2 heterocycles. The van der Waals surface area contributed by atoms with E-state index < -0.39 is 27.0 Å². The quantitative estimate of drug-likeness (QED) is 0.837. The number of carbonyl (C=O) groups excluding carboxylic acids is 1. The number of halogens is 2. The van der Waals surface area contributed by atoms with E-state index in [1.165, 1.54) is 29.0 Å². The molecule has 9 heteroatoms. The second-order valence-electron chi connectivity index (χ2n) is 6.82. The van der Waals surface area contributed by atoms with Gasteiger partial charge in [0.15, 0.2) is 9.84 Å². The van der Waals surface area contributed by atoms with Crippen LogP contribution in [0.5, 0.6) is 0 Å². The number of nitrogens with one attached hydrogen (secondary N) is 1. The minimum absolute atomic E-state index is 0.0430. The molecule has 1 N–H and O–H groups in total. The minimum atomic E-state index is -3.55. The Hall–Kier alpha value is -1.90. The Bertz CT molecular complexity index is 967. The first kappa shape index (κ1) is 18.9. The predicted octanol–water partition coefficient (Wildman–Crippen LogP) is 2.88. The third-order valence-corrected chi connectivity index (χ3v) is 6.50. The van der Waals surface area contributed by atoms with Gasteiger partial charge in [-0.25, -0.2) is 12.8 Å². The zero-order valence-corrected chi connectivity index (χ0v) is 15.8. The number of aryl methyl sites for hydroxylation is 1. The predicted molar refractivity (Wildman–Crippen MR) is 95.8 cm³/mol. The van der Waals surface area contributed by atoms with E-state index in [2.05, 4.69) is 5.32 Å². The summed E-state index contributed by atoms with van der Waals surface area (Å²) in [5.41, 5.74) is 0.0762. The van der Waals surface area contributed by atoms with Crippen LogP contribution in [0.4, 0.5) is 10.1 Å². The first-order valence-electron chi connectivity index (χ1n) is 7.83. The normalized spacial score (nSPS) is 16.2. The molecule has 0 spiro atoms. The Labute approximate surface area is 155 Å². The van der Waals surface area contributed by atoms with Crippen LogP contribution < -0.4 is 5.32 Å². The third kappa shape index (κ3) is 3.77. The molecule has 1 saturated heterocycles. The highest BCUT2D eigenvalue weighted by atomic mass is 35.5. The molecule has 0 radical (unpaired) electrons. The SMILES string of the molecule is Cn1cc(S(=O)(=O)CC2(C)COC2)cc1C(=O)Nc1ccc(F)c(Cl)c1. The maximum atomic E-state index is 13.2. The van der Waals surface area contributed by atoms with Gasteiger partial charge in [0, 0.05) is 24.3 Å². The van der Waals surface area contributed by atoms with Gasteiger partial charge in [-0.1, -0.05) is 18.5 Å². The number of aromatic nitrogens is 1. The van der Waals surface area contributed by atoms with Gasteiger partial charge in [0.25, 0.3) is 5.91 Å². The highest BCUT2D eigenvalue weighted by Gasteiger charge is 2.39. The number of anilines is 1. The van der Waals surface area contributed by atoms with E-state index in [-0.39, 0.29) is 21.4 Å². The Kier molecular flexibility index (Phi) is 4.85. The number of hydrogen-bond acceptors (Lipinski definition) is 4. The van der Waals surface area contributed by atoms with Crippen LogP contribution in [0.15, 0.2) is 35.4 Å². The fourth-order valence-electron chi connectivity index (χ4n) is 2.77. The molecule has 1 aliphatic heterocycles. The van der Waals surface area contributed by atoms with Crippen LogP contribution in [0.2, 0.25) is 5.02 Å². The van der Waals surface area contributed by atoms with Gasteiger partial charge in [-0.15, -0.1) is 0 Å². The largest absolute Gasteiger partial charge is 0.380 e. The maximum Gasteiger partial charge on any atom is 0.272 e. The standard InChI is InChI=1S/C17H18ClFN2O4S/c1-17(8-25-9-17)10-26(23,24)12-6-15(21(2)7-12)16(22)20-11-3-4-14(19)13(18)5-11/h3-7H,8-10H2,1-2H3,(H,20,22). The van der Waals surface area contributed by atoms with Crippen LogP contribution in [0.3, 0.4) is 0 Å². The molecule has 0 atom stereocenters. The van der Waals surface area contributed by atoms with Crippen LogP contribution in [0.1, 0.15) is 17.4 Å². The summed E-state index contributed by atoms with van der Waals surface area (Å²) in [5.74, 6) is -1.15. The van der Waals surface area contributed by atoms with Crippen molar-refractivity contribution in [2.75, 3.05) is 24.3 Å². The van der Waals surface area contributed by atoms with Crippen molar-refractivity contribution in [3.63, 3.8) is 0 Å². The van der Waals surface area contributed by atoms with Crippen molar-refractivity contribution in [2.24, 2.45) is 12.5 Å². The lowest BCUT2D eigenvalue weighted by Crippen LogP contribution is -2.45. The molecule has 26 heavy (non-hydrogen) atoms. The maximum absolute atomic E-state index is 13.2. The molecule has 2 aromatic rings. The second kappa shape index (κ2) is 6.68. The molecule has 1 aromatic heterocycles. The van der Waals surface area contributed by atoms with Crippen molar-refractivity contribution in [1.29, 1.82) is 0 Å². The molecule has 3 rings (SSSR count). The molecular weight excluding hydrogens is 383 g/mol.